The number of carboxylic acid groups (broad SMARTS) is 1. The van der Waals surface area contributed by atoms with Crippen LogP contribution in [0.4, 0.5) is 0 Å². The fraction of sp³-hybridized carbons (Fsp3) is 0.348. The van der Waals surface area contributed by atoms with Crippen LogP contribution in [0.2, 0.25) is 0 Å². The first-order chi connectivity index (χ1) is 14.5. The van der Waals surface area contributed by atoms with E-state index < -0.39 is 12.0 Å². The molecule has 1 saturated heterocycles. The maximum Gasteiger partial charge on any atom is 0.320 e. The predicted octanol–water partition coefficient (Wildman–Crippen LogP) is 5.71. The Balaban J connectivity index is 1.90. The van der Waals surface area contributed by atoms with Crippen molar-refractivity contribution < 1.29 is 19.4 Å². The minimum atomic E-state index is -0.766. The molecule has 0 aliphatic carbocycles. The monoisotopic (exact) mass is 489 g/mol. The standard InChI is InChI=1S/C23H24BrNO4S/c1-28-18-12-15(16(24)13-19(18)29-2)22(25-10-6-5-8-17(25)23(26)27)21-11-14-7-3-4-9-20(14)30-21/h3-4,7,9,11-13,17,22H,5-6,8,10H2,1-2H3,(H,26,27). The van der Waals surface area contributed by atoms with Gasteiger partial charge in [-0.2, -0.15) is 0 Å². The summed E-state index contributed by atoms with van der Waals surface area (Å²) >= 11 is 5.42. The molecule has 1 aliphatic heterocycles. The molecule has 0 saturated carbocycles. The Morgan fingerprint density at radius 1 is 1.17 bits per heavy atom. The zero-order chi connectivity index (χ0) is 21.3. The smallest absolute Gasteiger partial charge is 0.320 e. The zero-order valence-electron chi connectivity index (χ0n) is 16.9. The quantitative estimate of drug-likeness (QED) is 0.480. The summed E-state index contributed by atoms with van der Waals surface area (Å²) < 4.78 is 13.1. The van der Waals surface area contributed by atoms with E-state index in [0.717, 1.165) is 34.3 Å². The summed E-state index contributed by atoms with van der Waals surface area (Å²) in [4.78, 5) is 15.4. The molecule has 2 atom stereocenters. The van der Waals surface area contributed by atoms with Crippen LogP contribution in [0.25, 0.3) is 10.1 Å². The third kappa shape index (κ3) is 3.94. The second kappa shape index (κ2) is 8.96. The van der Waals surface area contributed by atoms with Crippen LogP contribution in [0.3, 0.4) is 0 Å². The summed E-state index contributed by atoms with van der Waals surface area (Å²) in [5.74, 6) is 0.500. The van der Waals surface area contributed by atoms with Gasteiger partial charge in [-0.3, -0.25) is 9.69 Å². The van der Waals surface area contributed by atoms with Gasteiger partial charge in [0, 0.05) is 14.0 Å². The highest BCUT2D eigenvalue weighted by atomic mass is 79.9. The number of hydrogen-bond donors (Lipinski definition) is 1. The molecule has 0 amide bonds. The Labute approximate surface area is 188 Å². The number of aliphatic carboxylic acids is 1. The normalized spacial score (nSPS) is 18.3. The van der Waals surface area contributed by atoms with Gasteiger partial charge in [0.25, 0.3) is 0 Å². The highest BCUT2D eigenvalue weighted by molar-refractivity contribution is 9.10. The lowest BCUT2D eigenvalue weighted by Crippen LogP contribution is -2.46. The van der Waals surface area contributed by atoms with Gasteiger partial charge in [-0.05, 0) is 54.6 Å². The Bertz CT molecular complexity index is 1030. The Morgan fingerprint density at radius 3 is 2.60 bits per heavy atom. The van der Waals surface area contributed by atoms with Crippen LogP contribution in [0.5, 0.6) is 11.5 Å². The average Bonchev–Trinajstić information content (AvgIpc) is 3.18. The highest BCUT2D eigenvalue weighted by Crippen LogP contribution is 2.45. The molecule has 3 aromatic rings. The summed E-state index contributed by atoms with van der Waals surface area (Å²) in [5, 5.41) is 11.1. The molecule has 2 heterocycles. The van der Waals surface area contributed by atoms with Gasteiger partial charge in [0.15, 0.2) is 11.5 Å². The number of thiophene rings is 1. The van der Waals surface area contributed by atoms with Crippen molar-refractivity contribution >= 4 is 43.3 Å². The van der Waals surface area contributed by atoms with E-state index in [0.29, 0.717) is 17.9 Å². The number of methoxy groups -OCH3 is 2. The SMILES string of the molecule is COc1cc(Br)c(C(c2cc3ccccc3s2)N2CCCCC2C(=O)O)cc1OC. The lowest BCUT2D eigenvalue weighted by molar-refractivity contribution is -0.145. The molecule has 0 radical (unpaired) electrons. The molecule has 2 unspecified atom stereocenters. The molecule has 2 aromatic carbocycles. The molecule has 5 nitrogen and oxygen atoms in total. The Hall–Kier alpha value is -2.09. The average molecular weight is 490 g/mol. The number of hydrogen-bond acceptors (Lipinski definition) is 5. The van der Waals surface area contributed by atoms with E-state index in [4.69, 9.17) is 9.47 Å². The number of rotatable bonds is 6. The first-order valence-electron chi connectivity index (χ1n) is 9.92. The van der Waals surface area contributed by atoms with Crippen LogP contribution in [-0.4, -0.2) is 42.8 Å². The Kier molecular flexibility index (Phi) is 6.32. The number of nitrogens with zero attached hydrogens (tertiary/aromatic N) is 1. The number of carbonyl (C=O) groups is 1. The largest absolute Gasteiger partial charge is 0.493 e. The fourth-order valence-electron chi connectivity index (χ4n) is 4.24. The molecular weight excluding hydrogens is 466 g/mol. The minimum Gasteiger partial charge on any atom is -0.493 e. The van der Waals surface area contributed by atoms with Gasteiger partial charge in [-0.1, -0.05) is 40.5 Å². The van der Waals surface area contributed by atoms with Crippen molar-refractivity contribution in [3.8, 4) is 11.5 Å². The van der Waals surface area contributed by atoms with Crippen LogP contribution < -0.4 is 9.47 Å². The lowest BCUT2D eigenvalue weighted by atomic mass is 9.95. The molecule has 4 rings (SSSR count). The van der Waals surface area contributed by atoms with Crippen molar-refractivity contribution in [1.82, 2.24) is 4.90 Å². The van der Waals surface area contributed by atoms with Gasteiger partial charge < -0.3 is 14.6 Å². The van der Waals surface area contributed by atoms with E-state index >= 15 is 0 Å². The molecule has 1 fully saturated rings. The summed E-state index contributed by atoms with van der Waals surface area (Å²) in [5.41, 5.74) is 0.979. The van der Waals surface area contributed by atoms with Crippen LogP contribution in [0.1, 0.15) is 35.7 Å². The number of carboxylic acids is 1. The molecule has 30 heavy (non-hydrogen) atoms. The maximum absolute atomic E-state index is 12.1. The summed E-state index contributed by atoms with van der Waals surface area (Å²) in [6, 6.07) is 13.6. The number of benzene rings is 2. The van der Waals surface area contributed by atoms with Crippen LogP contribution in [0, 0.1) is 0 Å². The van der Waals surface area contributed by atoms with E-state index in [1.807, 2.05) is 24.3 Å². The van der Waals surface area contributed by atoms with E-state index in [2.05, 4.69) is 39.0 Å². The van der Waals surface area contributed by atoms with Gasteiger partial charge in [-0.25, -0.2) is 0 Å². The second-order valence-corrected chi connectivity index (χ2v) is 9.38. The first-order valence-corrected chi connectivity index (χ1v) is 11.5. The molecule has 7 heteroatoms. The first kappa shape index (κ1) is 21.2. The maximum atomic E-state index is 12.1. The molecular formula is C23H24BrNO4S. The number of ether oxygens (including phenoxy) is 2. The Morgan fingerprint density at radius 2 is 1.90 bits per heavy atom. The van der Waals surface area contributed by atoms with Crippen molar-refractivity contribution in [2.24, 2.45) is 0 Å². The molecule has 0 spiro atoms. The summed E-state index contributed by atoms with van der Waals surface area (Å²) in [7, 11) is 3.23. The van der Waals surface area contributed by atoms with Crippen molar-refractivity contribution in [3.63, 3.8) is 0 Å². The lowest BCUT2D eigenvalue weighted by Gasteiger charge is -2.39. The number of piperidine rings is 1. The second-order valence-electron chi connectivity index (χ2n) is 7.41. The molecule has 1 aliphatic rings. The third-order valence-corrected chi connectivity index (χ3v) is 7.53. The number of fused-ring (bicyclic) bond motifs is 1. The van der Waals surface area contributed by atoms with Crippen molar-refractivity contribution in [1.29, 1.82) is 0 Å². The summed E-state index contributed by atoms with van der Waals surface area (Å²) in [6.07, 6.45) is 2.57. The number of likely N-dealkylation sites (tertiary alicyclic amines) is 1. The summed E-state index contributed by atoms with van der Waals surface area (Å²) in [6.45, 7) is 0.733. The predicted molar refractivity (Wildman–Crippen MR) is 123 cm³/mol. The zero-order valence-corrected chi connectivity index (χ0v) is 19.3. The van der Waals surface area contributed by atoms with E-state index in [9.17, 15) is 9.90 Å². The topological polar surface area (TPSA) is 59.0 Å². The van der Waals surface area contributed by atoms with E-state index in [-0.39, 0.29) is 6.04 Å². The third-order valence-electron chi connectivity index (χ3n) is 5.67. The molecule has 158 valence electrons. The van der Waals surface area contributed by atoms with Gasteiger partial charge >= 0.3 is 5.97 Å². The van der Waals surface area contributed by atoms with E-state index in [1.54, 1.807) is 25.6 Å². The fourth-order valence-corrected chi connectivity index (χ4v) is 5.98. The van der Waals surface area contributed by atoms with Crippen molar-refractivity contribution in [2.75, 3.05) is 20.8 Å². The molecule has 1 aromatic heterocycles. The van der Waals surface area contributed by atoms with Crippen LogP contribution in [-0.2, 0) is 4.79 Å². The minimum absolute atomic E-state index is 0.196. The van der Waals surface area contributed by atoms with Gasteiger partial charge in [0.1, 0.15) is 6.04 Å². The molecule has 0 bridgehead atoms. The van der Waals surface area contributed by atoms with Gasteiger partial charge in [-0.15, -0.1) is 11.3 Å². The highest BCUT2D eigenvalue weighted by Gasteiger charge is 2.37. The van der Waals surface area contributed by atoms with E-state index in [1.165, 1.54) is 10.1 Å². The van der Waals surface area contributed by atoms with Crippen molar-refractivity contribution in [3.05, 3.63) is 57.4 Å². The van der Waals surface area contributed by atoms with Gasteiger partial charge in [0.05, 0.1) is 20.3 Å². The number of halogens is 1. The van der Waals surface area contributed by atoms with Crippen LogP contribution in [0.15, 0.2) is 46.9 Å². The molecule has 1 N–H and O–H groups in total. The van der Waals surface area contributed by atoms with Crippen LogP contribution >= 0.6 is 27.3 Å². The van der Waals surface area contributed by atoms with Gasteiger partial charge in [0.2, 0.25) is 0 Å². The van der Waals surface area contributed by atoms with Crippen molar-refractivity contribution in [2.45, 2.75) is 31.3 Å².